The van der Waals surface area contributed by atoms with E-state index < -0.39 is 46.4 Å². The number of aromatic nitrogens is 5. The number of amides is 2. The summed E-state index contributed by atoms with van der Waals surface area (Å²) in [4.78, 5) is 113. The van der Waals surface area contributed by atoms with Crippen molar-refractivity contribution in [2.45, 2.75) is 247 Å². The van der Waals surface area contributed by atoms with Gasteiger partial charge < -0.3 is 89.3 Å². The fraction of sp³-hybridized carbons (Fsp3) is 0.505. The number of esters is 1. The van der Waals surface area contributed by atoms with Crippen molar-refractivity contribution in [3.63, 3.8) is 0 Å². The van der Waals surface area contributed by atoms with Crippen LogP contribution in [-0.4, -0.2) is 157 Å². The van der Waals surface area contributed by atoms with Crippen molar-refractivity contribution in [2.75, 3.05) is 69.9 Å². The third-order valence-corrected chi connectivity index (χ3v) is 28.0. The molecular formula is C99H126Br3Cl2CuF5KN11O16. The first kappa shape index (κ1) is 120. The van der Waals surface area contributed by atoms with E-state index in [-0.39, 0.29) is 210 Å². The summed E-state index contributed by atoms with van der Waals surface area (Å²) in [6, 6.07) is 20.7. The van der Waals surface area contributed by atoms with Gasteiger partial charge in [0.25, 0.3) is 27.8 Å². The number of alkyl carbamates (subject to hydrolysis) is 2. The second-order valence-corrected chi connectivity index (χ2v) is 39.9. The smallest absolute Gasteiger partial charge is 0.870 e. The predicted octanol–water partition coefficient (Wildman–Crippen LogP) is 16.4. The molecule has 0 unspecified atom stereocenters. The van der Waals surface area contributed by atoms with Gasteiger partial charge in [-0.15, -0.1) is 24.8 Å². The summed E-state index contributed by atoms with van der Waals surface area (Å²) in [6.07, 6.45) is 11.8. The van der Waals surface area contributed by atoms with Gasteiger partial charge in [-0.05, 0) is 354 Å². The molecule has 2 amide bonds. The Labute approximate surface area is 889 Å². The summed E-state index contributed by atoms with van der Waals surface area (Å²) in [7, 11) is 2.00. The number of aromatic carboxylic acids is 1. The molecule has 0 bridgehead atoms. The molecule has 6 atom stereocenters. The van der Waals surface area contributed by atoms with Crippen molar-refractivity contribution in [3.05, 3.63) is 212 Å². The van der Waals surface area contributed by atoms with Gasteiger partial charge in [0.05, 0.1) is 59.0 Å². The van der Waals surface area contributed by atoms with Crippen LogP contribution < -0.4 is 111 Å². The standard InChI is InChI=1S/C24H32FN3O3.C19H24FN3O.C16H15BrFNO3.C14H11BrFNO3.C13H11BrFNO.C11H22N2O2.2CH4O.2ClH.Cu.K.H2O/c1-14-21-16(6-9-20(29)28(21)18-7-8-18)12-19(25)22(14)27-11-10-17(13-27)15(2)26-23(30)31-24(3,4)5;1-11-18-13(3-6-17(24)23(18)15-4-5-15)9-16(20)19(11)22-8-7-14(10-22)12(2)21;1-3-22-16(21)11-6-9-7-12(18)13(17)8(2)14(9)19(15(11)20)10-4-5-10;1-6-11(15)10(16)5-7-4-9(14(19)20)13(18)17(12(6)7)8-2-3-8;1-7-12(14)10(15)6-8-2-5-11(17)16(13(7)8)9-3-4-9;1-8(9-5-6-12-7-9)13-10(14)15-11(2,3)4;2*1-2;;;;;/h6,9,12,15,17-18H,7-8,10-11,13H2,1-5H3,(H,26,30);3,6,9,12,14-15H,4-5,7-8,10,21H2,1-2H3;6-7,10H,3-5H2,1-2H3;4-5,8H,2-3H2,1H3,(H,19,20);2,5-6,9H,3-4H2,1H3;8-9,12H,5-7H2,1-4H3,(H,13,14);2*2H,1H3;2*1H;;;1H2/q;;;;;;;;;;;+1;/p-1/t15-,17+;12-,14+;;;;8-,9+;;;;;;;/m00...0......./s1. The number of carbonyl (C=O) groups excluding carboxylic acids is 3. The Hall–Kier alpha value is -7.14. The number of aliphatic hydroxyl groups is 2. The molecule has 9 N–H and O–H groups in total. The molecular weight excluding hydrogens is 2110 g/mol. The van der Waals surface area contributed by atoms with Crippen LogP contribution in [0.4, 0.5) is 42.9 Å². The van der Waals surface area contributed by atoms with Gasteiger partial charge in [-0.25, -0.2) is 41.1 Å². The Morgan fingerprint density at radius 1 is 0.464 bits per heavy atom. The number of benzene rings is 5. The molecule has 5 aromatic carbocycles. The molecule has 5 aromatic heterocycles. The molecule has 3 aliphatic heterocycles. The number of fused-ring (bicyclic) bond motifs is 5. The zero-order valence-corrected chi connectivity index (χ0v) is 91.5. The molecule has 27 nitrogen and oxygen atoms in total. The molecule has 5 saturated carbocycles. The Morgan fingerprint density at radius 2 is 0.768 bits per heavy atom. The second kappa shape index (κ2) is 50.9. The van der Waals surface area contributed by atoms with Crippen LogP contribution in [0.25, 0.3) is 54.5 Å². The fourth-order valence-corrected chi connectivity index (χ4v) is 18.8. The van der Waals surface area contributed by atoms with Crippen molar-refractivity contribution in [3.8, 4) is 0 Å². The number of aryl methyl sites for hydroxylation is 5. The van der Waals surface area contributed by atoms with Gasteiger partial charge in [0.1, 0.15) is 51.4 Å². The number of anilines is 2. The number of carboxylic acids is 1. The summed E-state index contributed by atoms with van der Waals surface area (Å²) >= 11 is 9.63. The van der Waals surface area contributed by atoms with Crippen LogP contribution in [0.15, 0.2) is 116 Å². The molecule has 138 heavy (non-hydrogen) atoms. The van der Waals surface area contributed by atoms with Crippen LogP contribution >= 0.6 is 72.6 Å². The maximum Gasteiger partial charge on any atom is 1.00 e. The average Bonchev–Trinajstić information content (AvgIpc) is 1.44. The van der Waals surface area contributed by atoms with Gasteiger partial charge in [0.2, 0.25) is 0 Å². The zero-order valence-electron chi connectivity index (χ0n) is 81.0. The van der Waals surface area contributed by atoms with Crippen LogP contribution in [0.5, 0.6) is 0 Å². The van der Waals surface area contributed by atoms with Crippen molar-refractivity contribution in [2.24, 2.45) is 23.5 Å². The number of halogens is 10. The van der Waals surface area contributed by atoms with Gasteiger partial charge in [-0.2, -0.15) is 0 Å². The van der Waals surface area contributed by atoms with Crippen LogP contribution in [-0.2, 0) is 31.3 Å². The van der Waals surface area contributed by atoms with E-state index in [4.69, 9.17) is 35.3 Å². The van der Waals surface area contributed by atoms with E-state index in [9.17, 15) is 60.7 Å². The number of hydrogen-bond donors (Lipinski definition) is 7. The molecule has 755 valence electrons. The second-order valence-electron chi connectivity index (χ2n) is 37.5. The van der Waals surface area contributed by atoms with Crippen molar-refractivity contribution in [1.82, 2.24) is 38.8 Å². The fourth-order valence-electron chi connectivity index (χ4n) is 17.9. The number of carboxylic acid groups (broad SMARTS) is 1. The first-order valence-electron chi connectivity index (χ1n) is 45.4. The maximum atomic E-state index is 15.2. The van der Waals surface area contributed by atoms with Crippen LogP contribution in [0.3, 0.4) is 0 Å². The first-order chi connectivity index (χ1) is 62.9. The zero-order chi connectivity index (χ0) is 97.8. The number of nitrogens with one attached hydrogen (secondary N) is 3. The van der Waals surface area contributed by atoms with Gasteiger partial charge in [0, 0.05) is 151 Å². The minimum atomic E-state index is -1.28. The molecule has 1 radical (unpaired) electrons. The summed E-state index contributed by atoms with van der Waals surface area (Å²) in [5.74, 6) is -2.48. The van der Waals surface area contributed by atoms with E-state index in [1.165, 1.54) is 47.0 Å². The van der Waals surface area contributed by atoms with Gasteiger partial charge in [0.15, 0.2) is 0 Å². The largest absolute Gasteiger partial charge is 1.00 e. The van der Waals surface area contributed by atoms with Crippen molar-refractivity contribution >= 4 is 163 Å². The molecule has 8 aliphatic rings. The minimum absolute atomic E-state index is 0. The summed E-state index contributed by atoms with van der Waals surface area (Å²) < 4.78 is 96.7. The summed E-state index contributed by atoms with van der Waals surface area (Å²) in [5.41, 5.74) is 12.7. The van der Waals surface area contributed by atoms with Crippen molar-refractivity contribution < 1.29 is 145 Å². The third kappa shape index (κ3) is 28.3. The Bertz CT molecular complexity index is 6420. The topological polar surface area (TPSA) is 365 Å². The molecule has 8 fully saturated rings. The monoisotopic (exact) mass is 2230 g/mol. The number of nitrogens with two attached hydrogens (primary N) is 1. The molecule has 5 aliphatic carbocycles. The van der Waals surface area contributed by atoms with Crippen molar-refractivity contribution in [1.29, 1.82) is 0 Å². The van der Waals surface area contributed by atoms with Gasteiger partial charge in [-0.3, -0.25) is 24.0 Å². The maximum absolute atomic E-state index is 15.2. The quantitative estimate of drug-likeness (QED) is 0.0217. The minimum Gasteiger partial charge on any atom is -0.870 e. The van der Waals surface area contributed by atoms with E-state index >= 15 is 4.39 Å². The van der Waals surface area contributed by atoms with E-state index in [0.29, 0.717) is 88.7 Å². The normalized spacial score (nSPS) is 17.4. The Morgan fingerprint density at radius 3 is 1.09 bits per heavy atom. The van der Waals surface area contributed by atoms with Crippen LogP contribution in [0, 0.1) is 81.5 Å². The SMILES string of the molecule is CCOC(=O)c1cc2cc(F)c(Br)c(C)c2n(C2CC2)c1=O.CO.CO.C[C@H](NC(=O)OC(C)(C)C)[C@@H]1CCNC1.Cc1c(Br)c(F)cc2cc(C(=O)O)c(=O)n(C3CC3)c12.Cc1c(Br)c(F)cc2ccc(=O)n(C3CC3)c12.Cc1c(N2CC[C@@H]([C@H](C)N)C2)c(F)cc2ccc(=O)n(C3CC3)c12.Cc1c(N2CC[C@@H]([C@H](C)NC(=O)OC(C)(C)C)C2)c(F)cc2ccc(=O)n(C3CC3)c12.Cl.Cl.[Cu].[K+].[OH-]. The van der Waals surface area contributed by atoms with E-state index in [2.05, 4.69) is 73.5 Å². The molecule has 3 saturated heterocycles. The summed E-state index contributed by atoms with van der Waals surface area (Å²) in [6.45, 7) is 33.1. The molecule has 0 spiro atoms. The number of ether oxygens (including phenoxy) is 3. The number of pyridine rings is 5. The molecule has 10 aromatic rings. The van der Waals surface area contributed by atoms with E-state index in [1.807, 2.05) is 92.2 Å². The van der Waals surface area contributed by atoms with Gasteiger partial charge >= 0.3 is 75.5 Å². The van der Waals surface area contributed by atoms with Crippen LogP contribution in [0.2, 0.25) is 0 Å². The van der Waals surface area contributed by atoms with Crippen LogP contribution in [0.1, 0.15) is 231 Å². The number of rotatable bonds is 15. The first-order valence-corrected chi connectivity index (χ1v) is 47.8. The van der Waals surface area contributed by atoms with E-state index in [1.54, 1.807) is 66.3 Å². The number of hydrogen-bond acceptors (Lipinski definition) is 19. The molecule has 18 rings (SSSR count). The molecule has 8 heterocycles. The third-order valence-electron chi connectivity index (χ3n) is 25.1. The van der Waals surface area contributed by atoms with E-state index in [0.717, 1.165) is 173 Å². The summed E-state index contributed by atoms with van der Waals surface area (Å²) in [5, 5.41) is 35.5. The number of aliphatic hydroxyl groups excluding tert-OH is 2. The predicted molar refractivity (Wildman–Crippen MR) is 538 cm³/mol. The Balaban J connectivity index is 0.000000254. The average molecular weight is 2230 g/mol. The Kier molecular flexibility index (Phi) is 44.1. The molecule has 39 heteroatoms. The number of carbonyl (C=O) groups is 4. The van der Waals surface area contributed by atoms with Gasteiger partial charge in [-0.1, -0.05) is 0 Å². The number of nitrogens with zero attached hydrogens (tertiary/aromatic N) is 7.